The average Bonchev–Trinajstić information content (AvgIpc) is 2.44. The monoisotopic (exact) mass is 305 g/mol. The van der Waals surface area contributed by atoms with Gasteiger partial charge in [-0.2, -0.15) is 0 Å². The van der Waals surface area contributed by atoms with Gasteiger partial charge in [-0.25, -0.2) is 4.39 Å². The molecule has 0 saturated carbocycles. The first-order valence-electron chi connectivity index (χ1n) is 7.23. The molecule has 1 N–H and O–H groups in total. The molecule has 2 aromatic carbocycles. The smallest absolute Gasteiger partial charge is 0.146 e. The van der Waals surface area contributed by atoms with Gasteiger partial charge in [-0.3, -0.25) is 0 Å². The van der Waals surface area contributed by atoms with Crippen molar-refractivity contribution in [3.8, 4) is 0 Å². The third kappa shape index (κ3) is 3.84. The quantitative estimate of drug-likeness (QED) is 0.821. The largest absolute Gasteiger partial charge is 0.309 e. The van der Waals surface area contributed by atoms with Crippen molar-refractivity contribution in [1.29, 1.82) is 0 Å². The zero-order valence-corrected chi connectivity index (χ0v) is 13.4. The van der Waals surface area contributed by atoms with E-state index in [-0.39, 0.29) is 16.9 Å². The van der Waals surface area contributed by atoms with Crippen LogP contribution in [0.2, 0.25) is 5.02 Å². The van der Waals surface area contributed by atoms with E-state index in [1.165, 1.54) is 5.56 Å². The summed E-state index contributed by atoms with van der Waals surface area (Å²) in [4.78, 5) is 0. The number of rotatable bonds is 5. The van der Waals surface area contributed by atoms with E-state index in [1.807, 2.05) is 19.2 Å². The Balaban J connectivity index is 2.39. The standard InChI is InChI=1S/C18H21ClFN/c1-12(2)10-13-6-4-7-14(11-13)18(21-3)15-8-5-9-16(19)17(15)20/h4-9,11-12,18,21H,10H2,1-3H3. The van der Waals surface area contributed by atoms with Gasteiger partial charge in [0.15, 0.2) is 0 Å². The summed E-state index contributed by atoms with van der Waals surface area (Å²) in [6.45, 7) is 4.39. The van der Waals surface area contributed by atoms with Crippen molar-refractivity contribution in [3.63, 3.8) is 0 Å². The molecule has 0 bridgehead atoms. The lowest BCUT2D eigenvalue weighted by Crippen LogP contribution is -2.19. The van der Waals surface area contributed by atoms with Gasteiger partial charge in [-0.15, -0.1) is 0 Å². The molecule has 3 heteroatoms. The van der Waals surface area contributed by atoms with Gasteiger partial charge in [0.1, 0.15) is 5.82 Å². The lowest BCUT2D eigenvalue weighted by molar-refractivity contribution is 0.575. The number of hydrogen-bond acceptors (Lipinski definition) is 1. The molecule has 0 aliphatic heterocycles. The van der Waals surface area contributed by atoms with Gasteiger partial charge in [0.05, 0.1) is 11.1 Å². The Morgan fingerprint density at radius 2 is 1.86 bits per heavy atom. The SMILES string of the molecule is CNC(c1cccc(CC(C)C)c1)c1cccc(Cl)c1F. The second-order valence-electron chi connectivity index (χ2n) is 5.71. The van der Waals surface area contributed by atoms with Gasteiger partial charge >= 0.3 is 0 Å². The van der Waals surface area contributed by atoms with E-state index in [4.69, 9.17) is 11.6 Å². The van der Waals surface area contributed by atoms with E-state index in [0.717, 1.165) is 12.0 Å². The van der Waals surface area contributed by atoms with Crippen molar-refractivity contribution in [1.82, 2.24) is 5.32 Å². The van der Waals surface area contributed by atoms with Gasteiger partial charge in [0, 0.05) is 5.56 Å². The number of nitrogens with one attached hydrogen (secondary N) is 1. The molecule has 1 nitrogen and oxygen atoms in total. The molecule has 0 heterocycles. The highest BCUT2D eigenvalue weighted by atomic mass is 35.5. The topological polar surface area (TPSA) is 12.0 Å². The number of benzene rings is 2. The van der Waals surface area contributed by atoms with E-state index in [2.05, 4.69) is 31.3 Å². The van der Waals surface area contributed by atoms with Crippen LogP contribution in [-0.4, -0.2) is 7.05 Å². The van der Waals surface area contributed by atoms with Gasteiger partial charge in [-0.05, 0) is 36.6 Å². The average molecular weight is 306 g/mol. The Hall–Kier alpha value is -1.38. The molecule has 2 rings (SSSR count). The molecular weight excluding hydrogens is 285 g/mol. The molecule has 0 saturated heterocycles. The molecule has 1 atom stereocenters. The fourth-order valence-corrected chi connectivity index (χ4v) is 2.80. The Morgan fingerprint density at radius 1 is 1.14 bits per heavy atom. The second kappa shape index (κ2) is 7.06. The summed E-state index contributed by atoms with van der Waals surface area (Å²) in [5.74, 6) is 0.240. The van der Waals surface area contributed by atoms with E-state index in [1.54, 1.807) is 18.2 Å². The Kier molecular flexibility index (Phi) is 5.38. The van der Waals surface area contributed by atoms with Crippen LogP contribution >= 0.6 is 11.6 Å². The second-order valence-corrected chi connectivity index (χ2v) is 6.11. The summed E-state index contributed by atoms with van der Waals surface area (Å²) in [7, 11) is 1.83. The normalized spacial score (nSPS) is 12.7. The first-order valence-corrected chi connectivity index (χ1v) is 7.60. The zero-order chi connectivity index (χ0) is 15.4. The van der Waals surface area contributed by atoms with E-state index >= 15 is 0 Å². The van der Waals surface area contributed by atoms with Crippen LogP contribution in [0.5, 0.6) is 0 Å². The molecular formula is C18H21ClFN. The predicted octanol–water partition coefficient (Wildman–Crippen LogP) is 4.99. The van der Waals surface area contributed by atoms with E-state index in [9.17, 15) is 4.39 Å². The number of hydrogen-bond donors (Lipinski definition) is 1. The van der Waals surface area contributed by atoms with Crippen LogP contribution in [0.25, 0.3) is 0 Å². The van der Waals surface area contributed by atoms with Crippen LogP contribution < -0.4 is 5.32 Å². The van der Waals surface area contributed by atoms with Crippen molar-refractivity contribution in [2.24, 2.45) is 5.92 Å². The fraction of sp³-hybridized carbons (Fsp3) is 0.333. The van der Waals surface area contributed by atoms with Gasteiger partial charge in [-0.1, -0.05) is 61.8 Å². The first kappa shape index (κ1) is 16.0. The highest BCUT2D eigenvalue weighted by Crippen LogP contribution is 2.28. The van der Waals surface area contributed by atoms with Crippen LogP contribution in [-0.2, 0) is 6.42 Å². The molecule has 2 aromatic rings. The molecule has 112 valence electrons. The molecule has 0 amide bonds. The predicted molar refractivity (Wildman–Crippen MR) is 87.3 cm³/mol. The first-order chi connectivity index (χ1) is 10.0. The van der Waals surface area contributed by atoms with Crippen molar-refractivity contribution < 1.29 is 4.39 Å². The summed E-state index contributed by atoms with van der Waals surface area (Å²) in [5, 5.41) is 3.34. The van der Waals surface area contributed by atoms with Crippen LogP contribution in [0.4, 0.5) is 4.39 Å². The molecule has 0 spiro atoms. The van der Waals surface area contributed by atoms with Crippen molar-refractivity contribution in [2.45, 2.75) is 26.3 Å². The third-order valence-corrected chi connectivity index (χ3v) is 3.80. The Labute approximate surface area is 131 Å². The molecule has 0 radical (unpaired) electrons. The summed E-state index contributed by atoms with van der Waals surface area (Å²) in [6.07, 6.45) is 1.02. The molecule has 0 aromatic heterocycles. The summed E-state index contributed by atoms with van der Waals surface area (Å²) < 4.78 is 14.3. The highest BCUT2D eigenvalue weighted by molar-refractivity contribution is 6.30. The Bertz CT molecular complexity index is 610. The van der Waals surface area contributed by atoms with E-state index in [0.29, 0.717) is 11.5 Å². The summed E-state index contributed by atoms with van der Waals surface area (Å²) in [5.41, 5.74) is 2.90. The third-order valence-electron chi connectivity index (χ3n) is 3.51. The van der Waals surface area contributed by atoms with Gasteiger partial charge < -0.3 is 5.32 Å². The summed E-state index contributed by atoms with van der Waals surface area (Å²) >= 11 is 5.90. The maximum Gasteiger partial charge on any atom is 0.146 e. The van der Waals surface area contributed by atoms with Gasteiger partial charge in [0.2, 0.25) is 0 Å². The zero-order valence-electron chi connectivity index (χ0n) is 12.7. The number of halogens is 2. The van der Waals surface area contributed by atoms with Crippen molar-refractivity contribution in [2.75, 3.05) is 7.05 Å². The fourth-order valence-electron chi connectivity index (χ4n) is 2.62. The van der Waals surface area contributed by atoms with Crippen LogP contribution in [0.1, 0.15) is 36.6 Å². The maximum atomic E-state index is 14.3. The van der Waals surface area contributed by atoms with E-state index < -0.39 is 0 Å². The van der Waals surface area contributed by atoms with Crippen LogP contribution in [0.3, 0.4) is 0 Å². The summed E-state index contributed by atoms with van der Waals surface area (Å²) in [6, 6.07) is 13.2. The van der Waals surface area contributed by atoms with Gasteiger partial charge in [0.25, 0.3) is 0 Å². The maximum absolute atomic E-state index is 14.3. The molecule has 0 aliphatic carbocycles. The highest BCUT2D eigenvalue weighted by Gasteiger charge is 2.18. The lowest BCUT2D eigenvalue weighted by Gasteiger charge is -2.19. The molecule has 0 aliphatic rings. The van der Waals surface area contributed by atoms with Crippen LogP contribution in [0.15, 0.2) is 42.5 Å². The minimum atomic E-state index is -0.354. The molecule has 21 heavy (non-hydrogen) atoms. The van der Waals surface area contributed by atoms with Crippen molar-refractivity contribution in [3.05, 3.63) is 70.0 Å². The van der Waals surface area contributed by atoms with Crippen LogP contribution in [0, 0.1) is 11.7 Å². The molecule has 0 fully saturated rings. The minimum Gasteiger partial charge on any atom is -0.309 e. The Morgan fingerprint density at radius 3 is 2.52 bits per heavy atom. The lowest BCUT2D eigenvalue weighted by atomic mass is 9.94. The minimum absolute atomic E-state index is 0.158. The molecule has 1 unspecified atom stereocenters. The van der Waals surface area contributed by atoms with Crippen molar-refractivity contribution >= 4 is 11.6 Å².